The number of benzene rings is 2. The Kier molecular flexibility index (Phi) is 9.42. The number of hydrogen-bond donors (Lipinski definition) is 2. The molecule has 11 nitrogen and oxygen atoms in total. The van der Waals surface area contributed by atoms with Gasteiger partial charge in [0, 0.05) is 37.0 Å². The number of esters is 4. The standard InChI is InChI=1S/C38H44O11/c1-8-36(6)20-25(48-32(42)23-15-11-9-12-16-23)29-37(7)26(19-27(41)38(29,45)34(36)44)35(4,5)30(47-22(3)40)28(46-21(2)39)31(37)49-33(43)24-17-13-10-14-18-24/h8-18,25-31,41,45H,1,19-20H2,2-7H3/t25?,26-,27?,28?,29+,30?,31?,36-,37-,38-/m0/s1. The van der Waals surface area contributed by atoms with Gasteiger partial charge in [-0.05, 0) is 43.5 Å². The molecule has 2 aromatic rings. The van der Waals surface area contributed by atoms with Crippen LogP contribution in [0.25, 0.3) is 0 Å². The van der Waals surface area contributed by atoms with Crippen molar-refractivity contribution in [1.82, 2.24) is 0 Å². The molecule has 3 aliphatic rings. The number of aliphatic hydroxyl groups is 2. The molecule has 10 atom stereocenters. The van der Waals surface area contributed by atoms with Gasteiger partial charge in [0.25, 0.3) is 0 Å². The van der Waals surface area contributed by atoms with E-state index in [9.17, 15) is 34.2 Å². The summed E-state index contributed by atoms with van der Waals surface area (Å²) in [7, 11) is 0. The van der Waals surface area contributed by atoms with Crippen molar-refractivity contribution in [2.24, 2.45) is 28.1 Å². The number of carbonyl (C=O) groups excluding carboxylic acids is 5. The zero-order valence-electron chi connectivity index (χ0n) is 28.6. The number of Topliss-reactive ketones (excluding diaryl/α,β-unsaturated/α-hetero) is 1. The molecule has 2 aromatic carbocycles. The van der Waals surface area contributed by atoms with E-state index in [1.807, 2.05) is 0 Å². The van der Waals surface area contributed by atoms with Gasteiger partial charge in [0.2, 0.25) is 0 Å². The van der Waals surface area contributed by atoms with Gasteiger partial charge in [-0.3, -0.25) is 14.4 Å². The summed E-state index contributed by atoms with van der Waals surface area (Å²) in [6.07, 6.45) is -6.01. The number of allylic oxidation sites excluding steroid dienone is 1. The molecular formula is C38H44O11. The van der Waals surface area contributed by atoms with Crippen molar-refractivity contribution >= 4 is 29.7 Å². The minimum absolute atomic E-state index is 0.124. The molecule has 262 valence electrons. The van der Waals surface area contributed by atoms with Crippen molar-refractivity contribution in [1.29, 1.82) is 0 Å². The van der Waals surface area contributed by atoms with Crippen molar-refractivity contribution < 1.29 is 53.1 Å². The summed E-state index contributed by atoms with van der Waals surface area (Å²) >= 11 is 0. The third kappa shape index (κ3) is 5.86. The predicted molar refractivity (Wildman–Crippen MR) is 175 cm³/mol. The van der Waals surface area contributed by atoms with E-state index in [2.05, 4.69) is 6.58 Å². The minimum Gasteiger partial charge on any atom is -0.458 e. The maximum absolute atomic E-state index is 14.5. The normalized spacial score (nSPS) is 36.2. The smallest absolute Gasteiger partial charge is 0.338 e. The number of hydrogen-bond acceptors (Lipinski definition) is 11. The summed E-state index contributed by atoms with van der Waals surface area (Å²) in [6, 6.07) is 16.2. The minimum atomic E-state index is -2.55. The summed E-state index contributed by atoms with van der Waals surface area (Å²) in [4.78, 5) is 67.3. The van der Waals surface area contributed by atoms with Crippen LogP contribution < -0.4 is 0 Å². The average Bonchev–Trinajstić information content (AvgIpc) is 3.05. The van der Waals surface area contributed by atoms with Crippen LogP contribution in [0, 0.1) is 28.1 Å². The highest BCUT2D eigenvalue weighted by Gasteiger charge is 2.78. The lowest BCUT2D eigenvalue weighted by atomic mass is 9.38. The van der Waals surface area contributed by atoms with Crippen LogP contribution in [0.3, 0.4) is 0 Å². The monoisotopic (exact) mass is 676 g/mol. The van der Waals surface area contributed by atoms with Crippen LogP contribution >= 0.6 is 0 Å². The lowest BCUT2D eigenvalue weighted by Gasteiger charge is -2.69. The first kappa shape index (κ1) is 35.9. The van der Waals surface area contributed by atoms with Gasteiger partial charge in [0.15, 0.2) is 17.5 Å². The topological polar surface area (TPSA) is 163 Å². The first-order valence-electron chi connectivity index (χ1n) is 16.4. The van der Waals surface area contributed by atoms with E-state index in [1.165, 1.54) is 25.1 Å². The van der Waals surface area contributed by atoms with Crippen molar-refractivity contribution in [3.8, 4) is 0 Å². The molecular weight excluding hydrogens is 632 g/mol. The third-order valence-corrected chi connectivity index (χ3v) is 11.1. The van der Waals surface area contributed by atoms with Crippen LogP contribution in [-0.2, 0) is 33.3 Å². The summed E-state index contributed by atoms with van der Waals surface area (Å²) < 4.78 is 24.2. The van der Waals surface area contributed by atoms with Crippen LogP contribution in [0.5, 0.6) is 0 Å². The predicted octanol–water partition coefficient (Wildman–Crippen LogP) is 4.24. The second-order valence-corrected chi connectivity index (χ2v) is 14.6. The number of aliphatic hydroxyl groups excluding tert-OH is 1. The Morgan fingerprint density at radius 2 is 1.31 bits per heavy atom. The first-order chi connectivity index (χ1) is 22.9. The largest absolute Gasteiger partial charge is 0.458 e. The van der Waals surface area contributed by atoms with Crippen molar-refractivity contribution in [2.45, 2.75) is 90.5 Å². The number of carbonyl (C=O) groups is 5. The molecule has 5 unspecified atom stereocenters. The average molecular weight is 677 g/mol. The molecule has 0 heterocycles. The molecule has 0 aromatic heterocycles. The van der Waals surface area contributed by atoms with Gasteiger partial charge < -0.3 is 29.2 Å². The lowest BCUT2D eigenvalue weighted by molar-refractivity contribution is -0.313. The Morgan fingerprint density at radius 3 is 1.80 bits per heavy atom. The number of ether oxygens (including phenoxy) is 4. The van der Waals surface area contributed by atoms with E-state index < -0.39 is 93.9 Å². The van der Waals surface area contributed by atoms with Crippen LogP contribution in [0.15, 0.2) is 73.3 Å². The molecule has 49 heavy (non-hydrogen) atoms. The van der Waals surface area contributed by atoms with Crippen molar-refractivity contribution in [2.75, 3.05) is 0 Å². The molecule has 0 aliphatic heterocycles. The van der Waals surface area contributed by atoms with Gasteiger partial charge in [-0.1, -0.05) is 63.2 Å². The molecule has 0 amide bonds. The number of rotatable bonds is 7. The second-order valence-electron chi connectivity index (χ2n) is 14.6. The molecule has 5 rings (SSSR count). The number of ketones is 1. The molecule has 0 bridgehead atoms. The van der Waals surface area contributed by atoms with E-state index in [1.54, 1.807) is 76.2 Å². The van der Waals surface area contributed by atoms with Gasteiger partial charge in [-0.15, -0.1) is 6.58 Å². The van der Waals surface area contributed by atoms with Crippen LogP contribution in [0.1, 0.15) is 75.1 Å². The molecule has 3 saturated carbocycles. The summed E-state index contributed by atoms with van der Waals surface area (Å²) in [5.41, 5.74) is -6.29. The maximum Gasteiger partial charge on any atom is 0.338 e. The van der Waals surface area contributed by atoms with Gasteiger partial charge in [-0.25, -0.2) is 9.59 Å². The fraction of sp³-hybridized carbons (Fsp3) is 0.500. The van der Waals surface area contributed by atoms with Crippen LogP contribution in [-0.4, -0.2) is 76.0 Å². The van der Waals surface area contributed by atoms with Gasteiger partial charge >= 0.3 is 23.9 Å². The zero-order chi connectivity index (χ0) is 36.1. The van der Waals surface area contributed by atoms with Gasteiger partial charge in [0.1, 0.15) is 18.3 Å². The fourth-order valence-electron chi connectivity index (χ4n) is 8.96. The Morgan fingerprint density at radius 1 is 0.796 bits per heavy atom. The van der Waals surface area contributed by atoms with E-state index in [0.29, 0.717) is 0 Å². The molecule has 2 N–H and O–H groups in total. The summed E-state index contributed by atoms with van der Waals surface area (Å²) in [5, 5.41) is 24.6. The first-order valence-corrected chi connectivity index (χ1v) is 16.4. The quantitative estimate of drug-likeness (QED) is 0.245. The third-order valence-electron chi connectivity index (χ3n) is 11.1. The Labute approximate surface area is 285 Å². The van der Waals surface area contributed by atoms with E-state index >= 15 is 0 Å². The molecule has 0 radical (unpaired) electrons. The lowest BCUT2D eigenvalue weighted by Crippen LogP contribution is -2.80. The van der Waals surface area contributed by atoms with E-state index in [0.717, 1.165) is 6.92 Å². The number of fused-ring (bicyclic) bond motifs is 3. The highest BCUT2D eigenvalue weighted by molar-refractivity contribution is 5.96. The molecule has 3 aliphatic carbocycles. The van der Waals surface area contributed by atoms with Gasteiger partial charge in [-0.2, -0.15) is 0 Å². The van der Waals surface area contributed by atoms with Gasteiger partial charge in [0.05, 0.1) is 22.6 Å². The Hall–Kier alpha value is -4.35. The van der Waals surface area contributed by atoms with E-state index in [-0.39, 0.29) is 24.0 Å². The SMILES string of the molecule is C=C[C@@]1(C)CC(OC(=O)c2ccccc2)[C@@H]2[C@@]3(C)C(OC(=O)c4ccccc4)C(OC(C)=O)C(OC(C)=O)C(C)(C)[C@@H]3CC(O)[C@@]2(O)C1=O. The molecule has 11 heteroatoms. The Bertz CT molecular complexity index is 1640. The Balaban J connectivity index is 1.77. The molecule has 0 saturated heterocycles. The van der Waals surface area contributed by atoms with Crippen LogP contribution in [0.2, 0.25) is 0 Å². The summed E-state index contributed by atoms with van der Waals surface area (Å²) in [6.45, 7) is 12.9. The zero-order valence-corrected chi connectivity index (χ0v) is 28.6. The maximum atomic E-state index is 14.5. The highest BCUT2D eigenvalue weighted by Crippen LogP contribution is 2.67. The van der Waals surface area contributed by atoms with Crippen LogP contribution in [0.4, 0.5) is 0 Å². The molecule has 0 spiro atoms. The second kappa shape index (κ2) is 12.8. The highest BCUT2D eigenvalue weighted by atomic mass is 16.6. The van der Waals surface area contributed by atoms with Crippen molar-refractivity contribution in [3.63, 3.8) is 0 Å². The van der Waals surface area contributed by atoms with Crippen molar-refractivity contribution in [3.05, 3.63) is 84.4 Å². The fourth-order valence-corrected chi connectivity index (χ4v) is 8.96. The summed E-state index contributed by atoms with van der Waals surface area (Å²) in [5.74, 6) is -5.93. The molecule has 3 fully saturated rings. The van der Waals surface area contributed by atoms with E-state index in [4.69, 9.17) is 18.9 Å².